The number of furan rings is 1. The van der Waals surface area contributed by atoms with Gasteiger partial charge in [-0.05, 0) is 44.2 Å². The van der Waals surface area contributed by atoms with E-state index >= 15 is 0 Å². The molecule has 2 aromatic carbocycles. The van der Waals surface area contributed by atoms with Crippen LogP contribution in [0.1, 0.15) is 33.1 Å². The monoisotopic (exact) mass is 464 g/mol. The van der Waals surface area contributed by atoms with Gasteiger partial charge in [-0.1, -0.05) is 18.2 Å². The molecule has 0 atom stereocenters. The molecule has 34 heavy (non-hydrogen) atoms. The van der Waals surface area contributed by atoms with Crippen LogP contribution < -0.4 is 10.1 Å². The van der Waals surface area contributed by atoms with Crippen LogP contribution in [0.3, 0.4) is 0 Å². The van der Waals surface area contributed by atoms with Gasteiger partial charge in [-0.15, -0.1) is 0 Å². The third-order valence-corrected chi connectivity index (χ3v) is 5.13. The van der Waals surface area contributed by atoms with E-state index in [2.05, 4.69) is 10.4 Å². The Hall–Kier alpha value is -4.47. The summed E-state index contributed by atoms with van der Waals surface area (Å²) in [6.07, 6.45) is 0. The smallest absolute Gasteiger partial charge is 0.292 e. The largest absolute Gasteiger partial charge is 0.486 e. The zero-order valence-electron chi connectivity index (χ0n) is 18.4. The number of hydrogen-bond acceptors (Lipinski definition) is 6. The van der Waals surface area contributed by atoms with Gasteiger partial charge in [-0.25, -0.2) is 4.39 Å². The highest BCUT2D eigenvalue weighted by Crippen LogP contribution is 2.24. The molecule has 4 rings (SSSR count). The van der Waals surface area contributed by atoms with Gasteiger partial charge >= 0.3 is 0 Å². The number of carbonyl (C=O) groups excluding carboxylic acids is 1. The lowest BCUT2D eigenvalue weighted by molar-refractivity contribution is -0.385. The van der Waals surface area contributed by atoms with E-state index in [4.69, 9.17) is 9.15 Å². The highest BCUT2D eigenvalue weighted by atomic mass is 19.1. The van der Waals surface area contributed by atoms with Gasteiger partial charge in [0.1, 0.15) is 23.9 Å². The highest BCUT2D eigenvalue weighted by Gasteiger charge is 2.16. The number of anilines is 1. The zero-order chi connectivity index (χ0) is 24.2. The van der Waals surface area contributed by atoms with Crippen molar-refractivity contribution >= 4 is 17.4 Å². The number of rotatable bonds is 8. The Balaban J connectivity index is 1.37. The van der Waals surface area contributed by atoms with E-state index in [-0.39, 0.29) is 30.4 Å². The first-order valence-electron chi connectivity index (χ1n) is 10.4. The maximum atomic E-state index is 13.9. The first-order chi connectivity index (χ1) is 16.3. The lowest BCUT2D eigenvalue weighted by Crippen LogP contribution is -2.12. The molecule has 9 nitrogen and oxygen atoms in total. The molecule has 0 saturated heterocycles. The minimum absolute atomic E-state index is 0.0101. The number of amides is 1. The summed E-state index contributed by atoms with van der Waals surface area (Å²) in [5.74, 6) is 0.420. The van der Waals surface area contributed by atoms with Gasteiger partial charge in [0.25, 0.3) is 11.6 Å². The van der Waals surface area contributed by atoms with E-state index < -0.39 is 10.8 Å². The Morgan fingerprint density at radius 3 is 2.71 bits per heavy atom. The van der Waals surface area contributed by atoms with E-state index in [1.54, 1.807) is 48.0 Å². The summed E-state index contributed by atoms with van der Waals surface area (Å²) < 4.78 is 26.7. The van der Waals surface area contributed by atoms with Gasteiger partial charge in [0.15, 0.2) is 11.6 Å². The van der Waals surface area contributed by atoms with Gasteiger partial charge in [-0.2, -0.15) is 5.10 Å². The van der Waals surface area contributed by atoms with Crippen LogP contribution in [-0.2, 0) is 13.2 Å². The van der Waals surface area contributed by atoms with Crippen LogP contribution in [0.4, 0.5) is 15.9 Å². The van der Waals surface area contributed by atoms with E-state index in [1.807, 2.05) is 6.92 Å². The van der Waals surface area contributed by atoms with Crippen LogP contribution in [0, 0.1) is 29.8 Å². The second-order valence-corrected chi connectivity index (χ2v) is 7.63. The predicted octanol–water partition coefficient (Wildman–Crippen LogP) is 5.02. The molecule has 0 aliphatic rings. The third kappa shape index (κ3) is 5.12. The molecule has 10 heteroatoms. The standard InChI is InChI=1S/C24H21FN4O5/c1-15-11-18(7-9-21(15)29(31)32)33-14-19-8-10-22(34-19)24(30)26-23-12-16(2)28(27-23)13-17-5-3-4-6-20(17)25/h3-12H,13-14H2,1-2H3,(H,26,27,30). The van der Waals surface area contributed by atoms with Crippen molar-refractivity contribution in [3.05, 3.63) is 105 Å². The molecule has 4 aromatic rings. The summed E-state index contributed by atoms with van der Waals surface area (Å²) in [6.45, 7) is 3.71. The number of aromatic nitrogens is 2. The number of halogens is 1. The molecule has 0 saturated carbocycles. The van der Waals surface area contributed by atoms with Crippen molar-refractivity contribution < 1.29 is 23.3 Å². The average molecular weight is 464 g/mol. The zero-order valence-corrected chi connectivity index (χ0v) is 18.4. The molecular formula is C24H21FN4O5. The van der Waals surface area contributed by atoms with Crippen LogP contribution >= 0.6 is 0 Å². The summed E-state index contributed by atoms with van der Waals surface area (Å²) in [5, 5.41) is 17.9. The number of nitro benzene ring substituents is 1. The van der Waals surface area contributed by atoms with Gasteiger partial charge < -0.3 is 14.5 Å². The number of nitrogens with one attached hydrogen (secondary N) is 1. The Bertz CT molecular complexity index is 1360. The second-order valence-electron chi connectivity index (χ2n) is 7.63. The van der Waals surface area contributed by atoms with Crippen molar-refractivity contribution in [3.8, 4) is 5.75 Å². The summed E-state index contributed by atoms with van der Waals surface area (Å²) in [5.41, 5.74) is 1.73. The van der Waals surface area contributed by atoms with Crippen LogP contribution in [-0.4, -0.2) is 20.6 Å². The molecule has 0 spiro atoms. The number of nitro groups is 1. The van der Waals surface area contributed by atoms with Gasteiger partial charge in [-0.3, -0.25) is 19.6 Å². The van der Waals surface area contributed by atoms with Crippen LogP contribution in [0.15, 0.2) is 65.1 Å². The van der Waals surface area contributed by atoms with Gasteiger partial charge in [0.2, 0.25) is 0 Å². The molecular weight excluding hydrogens is 443 g/mol. The van der Waals surface area contributed by atoms with E-state index in [0.29, 0.717) is 28.5 Å². The Morgan fingerprint density at radius 2 is 1.97 bits per heavy atom. The number of carbonyl (C=O) groups is 1. The number of benzene rings is 2. The molecule has 0 fully saturated rings. The van der Waals surface area contributed by atoms with Crippen LogP contribution in [0.2, 0.25) is 0 Å². The first kappa shape index (κ1) is 22.7. The molecule has 1 N–H and O–H groups in total. The number of ether oxygens (including phenoxy) is 1. The van der Waals surface area contributed by atoms with Crippen molar-refractivity contribution in [3.63, 3.8) is 0 Å². The number of aryl methyl sites for hydroxylation is 2. The summed E-state index contributed by atoms with van der Waals surface area (Å²) in [7, 11) is 0. The van der Waals surface area contributed by atoms with Gasteiger partial charge in [0.05, 0.1) is 11.5 Å². The number of nitrogens with zero attached hydrogens (tertiary/aromatic N) is 3. The molecule has 0 bridgehead atoms. The molecule has 174 valence electrons. The van der Waals surface area contributed by atoms with Crippen molar-refractivity contribution in [2.45, 2.75) is 27.0 Å². The van der Waals surface area contributed by atoms with Crippen molar-refractivity contribution in [2.24, 2.45) is 0 Å². The molecule has 0 radical (unpaired) electrons. The molecule has 2 heterocycles. The van der Waals surface area contributed by atoms with E-state index in [9.17, 15) is 19.3 Å². The van der Waals surface area contributed by atoms with Crippen molar-refractivity contribution in [1.29, 1.82) is 0 Å². The minimum Gasteiger partial charge on any atom is -0.486 e. The lowest BCUT2D eigenvalue weighted by atomic mass is 10.2. The third-order valence-electron chi connectivity index (χ3n) is 5.13. The van der Waals surface area contributed by atoms with Crippen LogP contribution in [0.5, 0.6) is 5.75 Å². The summed E-state index contributed by atoms with van der Waals surface area (Å²) in [6, 6.07) is 15.7. The van der Waals surface area contributed by atoms with E-state index in [1.165, 1.54) is 24.3 Å². The molecule has 2 aromatic heterocycles. The highest BCUT2D eigenvalue weighted by molar-refractivity contribution is 6.01. The maximum Gasteiger partial charge on any atom is 0.292 e. The fourth-order valence-electron chi connectivity index (χ4n) is 3.35. The van der Waals surface area contributed by atoms with Crippen molar-refractivity contribution in [1.82, 2.24) is 9.78 Å². The van der Waals surface area contributed by atoms with Crippen molar-refractivity contribution in [2.75, 3.05) is 5.32 Å². The molecule has 1 amide bonds. The minimum atomic E-state index is -0.493. The normalized spacial score (nSPS) is 10.8. The Labute approximate surface area is 193 Å². The molecule has 0 unspecified atom stereocenters. The van der Waals surface area contributed by atoms with Crippen LogP contribution in [0.25, 0.3) is 0 Å². The summed E-state index contributed by atoms with van der Waals surface area (Å²) in [4.78, 5) is 23.0. The predicted molar refractivity (Wildman–Crippen MR) is 121 cm³/mol. The Kier molecular flexibility index (Phi) is 6.39. The molecule has 0 aliphatic heterocycles. The SMILES string of the molecule is Cc1cc(OCc2ccc(C(=O)Nc3cc(C)n(Cc4ccccc4F)n3)o2)ccc1[N+](=O)[O-]. The fourth-order valence-corrected chi connectivity index (χ4v) is 3.35. The second kappa shape index (κ2) is 9.57. The number of hydrogen-bond donors (Lipinski definition) is 1. The quantitative estimate of drug-likeness (QED) is 0.289. The lowest BCUT2D eigenvalue weighted by Gasteiger charge is -2.06. The maximum absolute atomic E-state index is 13.9. The molecule has 0 aliphatic carbocycles. The topological polar surface area (TPSA) is 112 Å². The Morgan fingerprint density at radius 1 is 1.18 bits per heavy atom. The van der Waals surface area contributed by atoms with E-state index in [0.717, 1.165) is 5.69 Å². The fraction of sp³-hybridized carbons (Fsp3) is 0.167. The average Bonchev–Trinajstić information content (AvgIpc) is 3.40. The van der Waals surface area contributed by atoms with Gasteiger partial charge in [0, 0.05) is 29.0 Å². The summed E-state index contributed by atoms with van der Waals surface area (Å²) >= 11 is 0. The first-order valence-corrected chi connectivity index (χ1v) is 10.4.